The van der Waals surface area contributed by atoms with E-state index in [-0.39, 0.29) is 17.6 Å². The third kappa shape index (κ3) is 8.42. The van der Waals surface area contributed by atoms with Crippen molar-refractivity contribution in [3.05, 3.63) is 11.6 Å². The normalized spacial score (nSPS) is 33.7. The second-order valence-corrected chi connectivity index (χ2v) is 16.3. The molecular weight excluding hydrogens is 544 g/mol. The van der Waals surface area contributed by atoms with E-state index in [2.05, 4.69) is 46.0 Å². The van der Waals surface area contributed by atoms with E-state index in [1.54, 1.807) is 5.57 Å². The summed E-state index contributed by atoms with van der Waals surface area (Å²) in [4.78, 5) is 15.3. The first-order valence-electron chi connectivity index (χ1n) is 18.9. The van der Waals surface area contributed by atoms with Crippen molar-refractivity contribution in [3.63, 3.8) is 0 Å². The second-order valence-electron chi connectivity index (χ2n) is 16.3. The minimum absolute atomic E-state index is 0.00749. The summed E-state index contributed by atoms with van der Waals surface area (Å²) >= 11 is 0. The fourth-order valence-corrected chi connectivity index (χ4v) is 10.5. The number of nitrogens with zero attached hydrogens (tertiary/aromatic N) is 1. The molecule has 8 atom stereocenters. The van der Waals surface area contributed by atoms with Gasteiger partial charge >= 0.3 is 6.09 Å². The van der Waals surface area contributed by atoms with E-state index in [9.17, 15) is 4.79 Å². The summed E-state index contributed by atoms with van der Waals surface area (Å²) in [7, 11) is 0. The summed E-state index contributed by atoms with van der Waals surface area (Å²) in [5, 5.41) is 3.44. The van der Waals surface area contributed by atoms with Gasteiger partial charge in [-0.15, -0.1) is 0 Å². The molecule has 3 fully saturated rings. The van der Waals surface area contributed by atoms with Crippen LogP contribution in [0.2, 0.25) is 0 Å². The second kappa shape index (κ2) is 16.6. The Hall–Kier alpha value is -1.11. The fourth-order valence-electron chi connectivity index (χ4n) is 10.5. The summed E-state index contributed by atoms with van der Waals surface area (Å²) in [6.45, 7) is 17.3. The predicted octanol–water partition coefficient (Wildman–Crippen LogP) is 7.90. The molecule has 0 radical (unpaired) electrons. The number of rotatable bonds is 17. The Morgan fingerprint density at radius 3 is 2.43 bits per heavy atom. The van der Waals surface area contributed by atoms with Crippen LogP contribution >= 0.6 is 0 Å². The molecule has 0 bridgehead atoms. The van der Waals surface area contributed by atoms with E-state index in [4.69, 9.17) is 16.2 Å². The summed E-state index contributed by atoms with van der Waals surface area (Å²) in [5.74, 6) is 5.11. The van der Waals surface area contributed by atoms with Crippen LogP contribution in [0.4, 0.5) is 4.79 Å². The van der Waals surface area contributed by atoms with Crippen LogP contribution in [0.5, 0.6) is 0 Å². The van der Waals surface area contributed by atoms with Crippen molar-refractivity contribution in [2.75, 3.05) is 39.3 Å². The first kappa shape index (κ1) is 35.7. The van der Waals surface area contributed by atoms with E-state index in [0.717, 1.165) is 107 Å². The van der Waals surface area contributed by atoms with Crippen LogP contribution in [0.25, 0.3) is 0 Å². The van der Waals surface area contributed by atoms with Gasteiger partial charge in [0.05, 0.1) is 0 Å². The van der Waals surface area contributed by atoms with Crippen molar-refractivity contribution in [3.8, 4) is 0 Å². The molecule has 1 amide bonds. The lowest BCUT2D eigenvalue weighted by Crippen LogP contribution is -2.51. The molecule has 254 valence electrons. The molecule has 0 spiro atoms. The van der Waals surface area contributed by atoms with Gasteiger partial charge in [0.15, 0.2) is 0 Å². The van der Waals surface area contributed by atoms with Crippen LogP contribution in [-0.4, -0.2) is 56.4 Å². The average Bonchev–Trinajstić information content (AvgIpc) is 3.35. The summed E-state index contributed by atoms with van der Waals surface area (Å²) in [5.41, 5.74) is 13.8. The third-order valence-corrected chi connectivity index (χ3v) is 13.0. The number of ether oxygens (including phenoxy) is 1. The van der Waals surface area contributed by atoms with Gasteiger partial charge < -0.3 is 26.4 Å². The lowest BCUT2D eigenvalue weighted by molar-refractivity contribution is -0.0593. The largest absolute Gasteiger partial charge is 0.446 e. The van der Waals surface area contributed by atoms with E-state index in [1.807, 2.05) is 4.90 Å². The molecule has 3 unspecified atom stereocenters. The Morgan fingerprint density at radius 2 is 1.68 bits per heavy atom. The molecule has 0 saturated heterocycles. The molecule has 5 N–H and O–H groups in total. The van der Waals surface area contributed by atoms with Crippen molar-refractivity contribution < 1.29 is 9.53 Å². The fraction of sp³-hybridized carbons (Fsp3) is 0.921. The van der Waals surface area contributed by atoms with Crippen LogP contribution in [0.15, 0.2) is 11.6 Å². The average molecular weight is 615 g/mol. The van der Waals surface area contributed by atoms with Gasteiger partial charge in [0.1, 0.15) is 6.10 Å². The zero-order chi connectivity index (χ0) is 31.7. The lowest BCUT2D eigenvalue weighted by Gasteiger charge is -2.58. The standard InChI is InChI=1S/C38H70N4O2/c1-28(2)11-8-12-29(3)33-15-16-34-32-14-13-30-27-31(17-19-37(30,4)35(32)18-20-38(33,34)5)44-36(43)42(26-10-22-40)25-7-6-23-41-24-9-21-39/h13,28-29,31-35,41H,6-12,14-27,39-40H2,1-5H3/t29-,31+,32?,33-,34?,35?,37+,38-/m1/s1. The molecular formula is C38H70N4O2. The topological polar surface area (TPSA) is 93.6 Å². The van der Waals surface area contributed by atoms with Gasteiger partial charge in [-0.3, -0.25) is 0 Å². The Morgan fingerprint density at radius 1 is 0.932 bits per heavy atom. The zero-order valence-electron chi connectivity index (χ0n) is 29.4. The minimum atomic E-state index is -0.134. The maximum atomic E-state index is 13.3. The van der Waals surface area contributed by atoms with E-state index < -0.39 is 0 Å². The van der Waals surface area contributed by atoms with Crippen molar-refractivity contribution in [2.24, 2.45) is 57.8 Å². The van der Waals surface area contributed by atoms with Crippen LogP contribution in [-0.2, 0) is 4.74 Å². The number of hydrogen-bond donors (Lipinski definition) is 3. The Kier molecular flexibility index (Phi) is 13.5. The highest BCUT2D eigenvalue weighted by atomic mass is 16.6. The smallest absolute Gasteiger partial charge is 0.410 e. The monoisotopic (exact) mass is 615 g/mol. The van der Waals surface area contributed by atoms with Gasteiger partial charge in [-0.1, -0.05) is 65.5 Å². The molecule has 6 heteroatoms. The SMILES string of the molecule is CC(C)CCC[C@@H](C)[C@H]1CCC2C3CC=C4C[C@@H](OC(=O)N(CCCN)CCCCNCCCN)CC[C@]4(C)C3CC[C@@]21C. The summed E-state index contributed by atoms with van der Waals surface area (Å²) in [6.07, 6.45) is 20.6. The minimum Gasteiger partial charge on any atom is -0.446 e. The Balaban J connectivity index is 1.32. The Bertz CT molecular complexity index is 923. The number of nitrogens with one attached hydrogen (secondary N) is 1. The molecule has 4 rings (SSSR count). The summed E-state index contributed by atoms with van der Waals surface area (Å²) < 4.78 is 6.24. The maximum Gasteiger partial charge on any atom is 0.410 e. The number of allylic oxidation sites excluding steroid dienone is 1. The highest BCUT2D eigenvalue weighted by molar-refractivity contribution is 5.67. The molecule has 4 aliphatic rings. The molecule has 0 aromatic rings. The third-order valence-electron chi connectivity index (χ3n) is 13.0. The number of carbonyl (C=O) groups excluding carboxylic acids is 1. The van der Waals surface area contributed by atoms with Crippen LogP contribution in [0.1, 0.15) is 131 Å². The van der Waals surface area contributed by atoms with Gasteiger partial charge in [-0.25, -0.2) is 4.79 Å². The van der Waals surface area contributed by atoms with Crippen molar-refractivity contribution in [2.45, 2.75) is 137 Å². The van der Waals surface area contributed by atoms with Crippen molar-refractivity contribution in [1.82, 2.24) is 10.2 Å². The van der Waals surface area contributed by atoms with Crippen LogP contribution in [0.3, 0.4) is 0 Å². The molecule has 4 aliphatic carbocycles. The highest BCUT2D eigenvalue weighted by Crippen LogP contribution is 2.67. The van der Waals surface area contributed by atoms with Gasteiger partial charge in [0.2, 0.25) is 0 Å². The van der Waals surface area contributed by atoms with E-state index >= 15 is 0 Å². The highest BCUT2D eigenvalue weighted by Gasteiger charge is 2.59. The van der Waals surface area contributed by atoms with Crippen molar-refractivity contribution >= 4 is 6.09 Å². The molecule has 44 heavy (non-hydrogen) atoms. The number of fused-ring (bicyclic) bond motifs is 5. The predicted molar refractivity (Wildman–Crippen MR) is 184 cm³/mol. The van der Waals surface area contributed by atoms with Crippen LogP contribution in [0, 0.1) is 46.3 Å². The van der Waals surface area contributed by atoms with E-state index in [1.165, 1.54) is 51.4 Å². The zero-order valence-corrected chi connectivity index (χ0v) is 29.4. The molecule has 0 aromatic carbocycles. The molecule has 0 aliphatic heterocycles. The lowest BCUT2D eigenvalue weighted by atomic mass is 9.47. The molecule has 6 nitrogen and oxygen atoms in total. The molecule has 0 heterocycles. The van der Waals surface area contributed by atoms with Gasteiger partial charge in [0.25, 0.3) is 0 Å². The molecule has 3 saturated carbocycles. The maximum absolute atomic E-state index is 13.3. The van der Waals surface area contributed by atoms with Crippen molar-refractivity contribution in [1.29, 1.82) is 0 Å². The van der Waals surface area contributed by atoms with Crippen LogP contribution < -0.4 is 16.8 Å². The number of amides is 1. The number of unbranched alkanes of at least 4 members (excludes halogenated alkanes) is 1. The van der Waals surface area contributed by atoms with Gasteiger partial charge in [-0.05, 0) is 143 Å². The number of hydrogen-bond acceptors (Lipinski definition) is 5. The first-order chi connectivity index (χ1) is 21.1. The van der Waals surface area contributed by atoms with E-state index in [0.29, 0.717) is 18.5 Å². The summed E-state index contributed by atoms with van der Waals surface area (Å²) in [6, 6.07) is 0. The van der Waals surface area contributed by atoms with Gasteiger partial charge in [-0.2, -0.15) is 0 Å². The van der Waals surface area contributed by atoms with Gasteiger partial charge in [0, 0.05) is 19.5 Å². The number of nitrogens with two attached hydrogens (primary N) is 2. The quantitative estimate of drug-likeness (QED) is 0.114. The molecule has 0 aromatic heterocycles. The first-order valence-corrected chi connectivity index (χ1v) is 18.9. The Labute approximate surface area is 271 Å². The number of carbonyl (C=O) groups is 1.